The maximum Gasteiger partial charge on any atom is 0.252 e. The summed E-state index contributed by atoms with van der Waals surface area (Å²) in [6.45, 7) is 0.624. The molecule has 2 aromatic heterocycles. The number of nitrogens with one attached hydrogen (secondary N) is 3. The fourth-order valence-corrected chi connectivity index (χ4v) is 3.26. The number of hydrogen-bond acceptors (Lipinski definition) is 5. The van der Waals surface area contributed by atoms with Crippen molar-refractivity contribution in [1.82, 2.24) is 15.0 Å². The van der Waals surface area contributed by atoms with Gasteiger partial charge < -0.3 is 19.8 Å². The van der Waals surface area contributed by atoms with Crippen LogP contribution < -0.4 is 20.3 Å². The number of benzene rings is 2. The van der Waals surface area contributed by atoms with Gasteiger partial charge in [0.25, 0.3) is 5.56 Å². The maximum atomic E-state index is 12.1. The van der Waals surface area contributed by atoms with Crippen molar-refractivity contribution in [2.24, 2.45) is 0 Å². The number of aromatic amines is 2. The van der Waals surface area contributed by atoms with Gasteiger partial charge in [-0.2, -0.15) is 0 Å². The average molecular weight is 390 g/mol. The minimum absolute atomic E-state index is 0.204. The summed E-state index contributed by atoms with van der Waals surface area (Å²) in [6, 6.07) is 14.9. The maximum absolute atomic E-state index is 12.1. The molecule has 0 amide bonds. The average Bonchev–Trinajstić information content (AvgIpc) is 3.15. The molecule has 0 radical (unpaired) electrons. The van der Waals surface area contributed by atoms with Crippen LogP contribution in [-0.4, -0.2) is 35.7 Å². The fourth-order valence-electron chi connectivity index (χ4n) is 3.26. The van der Waals surface area contributed by atoms with Gasteiger partial charge in [-0.3, -0.25) is 9.78 Å². The highest BCUT2D eigenvalue weighted by atomic mass is 16.5. The van der Waals surface area contributed by atoms with Gasteiger partial charge in [-0.25, -0.2) is 4.98 Å². The predicted octanol–water partition coefficient (Wildman–Crippen LogP) is 3.59. The van der Waals surface area contributed by atoms with E-state index in [0.29, 0.717) is 18.2 Å². The zero-order valence-corrected chi connectivity index (χ0v) is 16.3. The number of fused-ring (bicyclic) bond motifs is 1. The summed E-state index contributed by atoms with van der Waals surface area (Å²) in [4.78, 5) is 22.6. The van der Waals surface area contributed by atoms with Crippen LogP contribution in [0.1, 0.15) is 5.56 Å². The molecule has 0 spiro atoms. The summed E-state index contributed by atoms with van der Waals surface area (Å²) < 4.78 is 10.5. The Morgan fingerprint density at radius 1 is 1.00 bits per heavy atom. The van der Waals surface area contributed by atoms with E-state index in [-0.39, 0.29) is 5.56 Å². The second-order valence-electron chi connectivity index (χ2n) is 6.61. The summed E-state index contributed by atoms with van der Waals surface area (Å²) in [5, 5.41) is 4.34. The van der Waals surface area contributed by atoms with E-state index in [0.717, 1.165) is 34.4 Å². The Morgan fingerprint density at radius 3 is 2.52 bits per heavy atom. The van der Waals surface area contributed by atoms with Crippen molar-refractivity contribution in [3.05, 3.63) is 70.6 Å². The van der Waals surface area contributed by atoms with Crippen molar-refractivity contribution in [3.63, 3.8) is 0 Å². The summed E-state index contributed by atoms with van der Waals surface area (Å²) in [7, 11) is 3.28. The Kier molecular flexibility index (Phi) is 5.20. The number of H-pyrrole nitrogens is 2. The van der Waals surface area contributed by atoms with Crippen molar-refractivity contribution in [3.8, 4) is 22.8 Å². The molecule has 29 heavy (non-hydrogen) atoms. The largest absolute Gasteiger partial charge is 0.497 e. The van der Waals surface area contributed by atoms with E-state index in [2.05, 4.69) is 20.3 Å². The first-order chi connectivity index (χ1) is 14.2. The van der Waals surface area contributed by atoms with Crippen molar-refractivity contribution < 1.29 is 9.47 Å². The summed E-state index contributed by atoms with van der Waals surface area (Å²) in [5.41, 5.74) is 3.48. The molecule has 0 atom stereocenters. The summed E-state index contributed by atoms with van der Waals surface area (Å²) in [6.07, 6.45) is 2.76. The lowest BCUT2D eigenvalue weighted by molar-refractivity contribution is 0.415. The Hall–Kier alpha value is -3.74. The third-order valence-electron chi connectivity index (χ3n) is 4.79. The zero-order valence-electron chi connectivity index (χ0n) is 16.3. The number of ether oxygens (including phenoxy) is 2. The Bertz CT molecular complexity index is 1180. The van der Waals surface area contributed by atoms with Crippen LogP contribution in [0.2, 0.25) is 0 Å². The molecule has 7 nitrogen and oxygen atoms in total. The molecule has 0 aliphatic carbocycles. The van der Waals surface area contributed by atoms with E-state index in [4.69, 9.17) is 9.47 Å². The van der Waals surface area contributed by atoms with E-state index in [1.165, 1.54) is 11.6 Å². The monoisotopic (exact) mass is 390 g/mol. The van der Waals surface area contributed by atoms with E-state index in [1.54, 1.807) is 14.2 Å². The fraction of sp³-hybridized carbons (Fsp3) is 0.182. The first kappa shape index (κ1) is 18.6. The van der Waals surface area contributed by atoms with Crippen LogP contribution in [0, 0.1) is 0 Å². The van der Waals surface area contributed by atoms with Crippen LogP contribution in [-0.2, 0) is 6.42 Å². The highest BCUT2D eigenvalue weighted by Crippen LogP contribution is 2.24. The molecule has 7 heteroatoms. The Balaban J connectivity index is 1.49. The van der Waals surface area contributed by atoms with Gasteiger partial charge >= 0.3 is 0 Å². The second-order valence-corrected chi connectivity index (χ2v) is 6.61. The van der Waals surface area contributed by atoms with E-state index < -0.39 is 0 Å². The molecule has 0 saturated heterocycles. The number of aromatic nitrogens is 3. The van der Waals surface area contributed by atoms with Crippen LogP contribution in [0.4, 0.5) is 5.95 Å². The lowest BCUT2D eigenvalue weighted by atomic mass is 10.1. The topological polar surface area (TPSA) is 92.0 Å². The predicted molar refractivity (Wildman–Crippen MR) is 114 cm³/mol. The molecule has 0 aliphatic heterocycles. The normalized spacial score (nSPS) is 10.8. The van der Waals surface area contributed by atoms with Crippen LogP contribution in [0.25, 0.3) is 22.2 Å². The molecule has 4 aromatic rings. The third-order valence-corrected chi connectivity index (χ3v) is 4.79. The van der Waals surface area contributed by atoms with E-state index in [1.807, 2.05) is 48.7 Å². The molecular weight excluding hydrogens is 368 g/mol. The quantitative estimate of drug-likeness (QED) is 0.449. The van der Waals surface area contributed by atoms with E-state index in [9.17, 15) is 4.79 Å². The number of hydrogen-bond donors (Lipinski definition) is 3. The Labute approximate surface area is 167 Å². The Morgan fingerprint density at radius 2 is 1.76 bits per heavy atom. The van der Waals surface area contributed by atoms with Gasteiger partial charge in [-0.1, -0.05) is 0 Å². The number of methoxy groups -OCH3 is 2. The molecular formula is C22H22N4O3. The third kappa shape index (κ3) is 4.08. The molecule has 0 aliphatic rings. The molecule has 3 N–H and O–H groups in total. The first-order valence-electron chi connectivity index (χ1n) is 9.30. The van der Waals surface area contributed by atoms with Crippen molar-refractivity contribution >= 4 is 16.9 Å². The lowest BCUT2D eigenvalue weighted by Crippen LogP contribution is -2.14. The molecule has 148 valence electrons. The SMILES string of the molecule is COc1ccc(-c2cc(=O)[nH]c(NCCc3c[nH]c4ccc(OC)cc34)n2)cc1. The molecule has 0 unspecified atom stereocenters. The molecule has 2 heterocycles. The van der Waals surface area contributed by atoms with Crippen molar-refractivity contribution in [1.29, 1.82) is 0 Å². The lowest BCUT2D eigenvalue weighted by Gasteiger charge is -2.08. The smallest absolute Gasteiger partial charge is 0.252 e. The highest BCUT2D eigenvalue weighted by molar-refractivity contribution is 5.84. The molecule has 4 rings (SSSR count). The van der Waals surface area contributed by atoms with Gasteiger partial charge in [0.05, 0.1) is 19.9 Å². The number of anilines is 1. The summed E-state index contributed by atoms with van der Waals surface area (Å²) in [5.74, 6) is 2.03. The van der Waals surface area contributed by atoms with Gasteiger partial charge in [-0.05, 0) is 54.4 Å². The highest BCUT2D eigenvalue weighted by Gasteiger charge is 2.07. The number of nitrogens with zero attached hydrogens (tertiary/aromatic N) is 1. The van der Waals surface area contributed by atoms with Gasteiger partial charge in [0, 0.05) is 35.3 Å². The minimum Gasteiger partial charge on any atom is -0.497 e. The minimum atomic E-state index is -0.204. The molecule has 2 aromatic carbocycles. The molecule has 0 bridgehead atoms. The van der Waals surface area contributed by atoms with Gasteiger partial charge in [0.15, 0.2) is 0 Å². The van der Waals surface area contributed by atoms with Crippen LogP contribution in [0.15, 0.2) is 59.5 Å². The molecule has 0 fully saturated rings. The van der Waals surface area contributed by atoms with Crippen molar-refractivity contribution in [2.45, 2.75) is 6.42 Å². The summed E-state index contributed by atoms with van der Waals surface area (Å²) >= 11 is 0. The van der Waals surface area contributed by atoms with Gasteiger partial charge in [0.2, 0.25) is 5.95 Å². The van der Waals surface area contributed by atoms with Gasteiger partial charge in [0.1, 0.15) is 11.5 Å². The standard InChI is InChI=1S/C22H22N4O3/c1-28-16-5-3-14(4-6-16)20-12-21(27)26-22(25-20)23-10-9-15-13-24-19-8-7-17(29-2)11-18(15)19/h3-8,11-13,24H,9-10H2,1-2H3,(H2,23,25,26,27). The van der Waals surface area contributed by atoms with Crippen LogP contribution >= 0.6 is 0 Å². The van der Waals surface area contributed by atoms with E-state index >= 15 is 0 Å². The van der Waals surface area contributed by atoms with Crippen LogP contribution in [0.3, 0.4) is 0 Å². The molecule has 0 saturated carbocycles. The van der Waals surface area contributed by atoms with Crippen molar-refractivity contribution in [2.75, 3.05) is 26.1 Å². The first-order valence-corrected chi connectivity index (χ1v) is 9.30. The second kappa shape index (κ2) is 8.10. The van der Waals surface area contributed by atoms with Crippen LogP contribution in [0.5, 0.6) is 11.5 Å². The number of rotatable bonds is 7. The zero-order chi connectivity index (χ0) is 20.2. The van der Waals surface area contributed by atoms with Gasteiger partial charge in [-0.15, -0.1) is 0 Å².